The number of nitrogens with zero attached hydrogens (tertiary/aromatic N) is 6. The van der Waals surface area contributed by atoms with Gasteiger partial charge < -0.3 is 20.4 Å². The highest BCUT2D eigenvalue weighted by Crippen LogP contribution is 2.14. The molecule has 1 aliphatic rings. The van der Waals surface area contributed by atoms with Crippen molar-refractivity contribution in [2.75, 3.05) is 44.7 Å². The first kappa shape index (κ1) is 22.8. The lowest BCUT2D eigenvalue weighted by Crippen LogP contribution is -2.46. The molecule has 0 bridgehead atoms. The minimum atomic E-state index is 0.672. The minimum absolute atomic E-state index is 0.672. The smallest absolute Gasteiger partial charge is 0.191 e. The molecule has 0 spiro atoms. The first-order valence-electron chi connectivity index (χ1n) is 11.7. The van der Waals surface area contributed by atoms with Crippen LogP contribution in [0.2, 0.25) is 0 Å². The molecule has 3 aromatic rings. The Labute approximate surface area is 196 Å². The van der Waals surface area contributed by atoms with Crippen molar-refractivity contribution in [3.63, 3.8) is 0 Å². The first-order valence-corrected chi connectivity index (χ1v) is 11.7. The fourth-order valence-electron chi connectivity index (χ4n) is 4.04. The van der Waals surface area contributed by atoms with Crippen LogP contribution in [0.4, 0.5) is 5.82 Å². The average Bonchev–Trinajstić information content (AvgIpc) is 3.38. The molecule has 0 atom stereocenters. The Balaban J connectivity index is 1.27. The zero-order valence-electron chi connectivity index (χ0n) is 19.6. The molecule has 0 saturated carbocycles. The number of pyridine rings is 1. The van der Waals surface area contributed by atoms with E-state index in [-0.39, 0.29) is 0 Å². The van der Waals surface area contributed by atoms with E-state index in [2.05, 4.69) is 73.8 Å². The topological polar surface area (TPSA) is 73.6 Å². The normalized spacial score (nSPS) is 15.0. The number of piperazine rings is 1. The van der Waals surface area contributed by atoms with Crippen LogP contribution >= 0.6 is 0 Å². The van der Waals surface area contributed by atoms with Crippen LogP contribution < -0.4 is 15.5 Å². The van der Waals surface area contributed by atoms with Crippen molar-refractivity contribution in [2.45, 2.75) is 26.6 Å². The van der Waals surface area contributed by atoms with Crippen LogP contribution in [0.15, 0.2) is 66.0 Å². The van der Waals surface area contributed by atoms with Crippen molar-refractivity contribution in [3.05, 3.63) is 77.7 Å². The van der Waals surface area contributed by atoms with Crippen LogP contribution in [-0.2, 0) is 19.6 Å². The number of guanidine groups is 1. The van der Waals surface area contributed by atoms with E-state index in [4.69, 9.17) is 4.98 Å². The number of hydrogen-bond acceptors (Lipinski definition) is 5. The molecule has 8 nitrogen and oxygen atoms in total. The summed E-state index contributed by atoms with van der Waals surface area (Å²) in [5.41, 5.74) is 3.60. The Morgan fingerprint density at radius 2 is 1.76 bits per heavy atom. The molecule has 0 aliphatic carbocycles. The highest BCUT2D eigenvalue weighted by Gasteiger charge is 2.16. The Hall–Kier alpha value is -3.39. The molecule has 8 heteroatoms. The predicted molar refractivity (Wildman–Crippen MR) is 133 cm³/mol. The molecule has 2 aromatic heterocycles. The number of benzene rings is 1. The third-order valence-corrected chi connectivity index (χ3v) is 6.09. The largest absolute Gasteiger partial charge is 0.354 e. The number of aromatic nitrogens is 3. The van der Waals surface area contributed by atoms with Gasteiger partial charge in [-0.3, -0.25) is 9.67 Å². The van der Waals surface area contributed by atoms with E-state index in [0.29, 0.717) is 13.1 Å². The van der Waals surface area contributed by atoms with Gasteiger partial charge in [0, 0.05) is 64.9 Å². The van der Waals surface area contributed by atoms with E-state index in [9.17, 15) is 0 Å². The molecule has 0 radical (unpaired) electrons. The number of aliphatic imine (C=N–C) groups is 1. The maximum absolute atomic E-state index is 4.70. The van der Waals surface area contributed by atoms with Gasteiger partial charge in [0.2, 0.25) is 0 Å². The molecule has 0 unspecified atom stereocenters. The number of rotatable bonds is 8. The van der Waals surface area contributed by atoms with Crippen LogP contribution in [0.3, 0.4) is 0 Å². The maximum Gasteiger partial charge on any atom is 0.191 e. The van der Waals surface area contributed by atoms with Crippen molar-refractivity contribution in [1.29, 1.82) is 0 Å². The van der Waals surface area contributed by atoms with Crippen molar-refractivity contribution < 1.29 is 0 Å². The van der Waals surface area contributed by atoms with Gasteiger partial charge in [-0.05, 0) is 35.4 Å². The Morgan fingerprint density at radius 1 is 0.970 bits per heavy atom. The van der Waals surface area contributed by atoms with E-state index in [1.54, 1.807) is 13.2 Å². The summed E-state index contributed by atoms with van der Waals surface area (Å²) in [7, 11) is 1.79. The fraction of sp³-hybridized carbons (Fsp3) is 0.400. The summed E-state index contributed by atoms with van der Waals surface area (Å²) in [4.78, 5) is 13.9. The van der Waals surface area contributed by atoms with Crippen LogP contribution in [-0.4, -0.2) is 65.4 Å². The van der Waals surface area contributed by atoms with Crippen LogP contribution in [0, 0.1) is 0 Å². The molecule has 1 aromatic carbocycles. The van der Waals surface area contributed by atoms with E-state index in [1.165, 1.54) is 11.1 Å². The Bertz CT molecular complexity index is 1010. The summed E-state index contributed by atoms with van der Waals surface area (Å²) in [5.74, 6) is 1.83. The summed E-state index contributed by atoms with van der Waals surface area (Å²) in [5, 5.41) is 11.1. The van der Waals surface area contributed by atoms with E-state index < -0.39 is 0 Å². The summed E-state index contributed by atoms with van der Waals surface area (Å²) in [6, 6.07) is 14.6. The molecule has 1 aliphatic heterocycles. The van der Waals surface area contributed by atoms with E-state index >= 15 is 0 Å². The maximum atomic E-state index is 4.70. The lowest BCUT2D eigenvalue weighted by atomic mass is 10.1. The summed E-state index contributed by atoms with van der Waals surface area (Å²) in [6.45, 7) is 9.75. The first-order chi connectivity index (χ1) is 16.2. The van der Waals surface area contributed by atoms with Crippen molar-refractivity contribution in [1.82, 2.24) is 30.3 Å². The van der Waals surface area contributed by atoms with E-state index in [0.717, 1.165) is 56.6 Å². The number of anilines is 1. The highest BCUT2D eigenvalue weighted by molar-refractivity contribution is 5.79. The van der Waals surface area contributed by atoms with Crippen molar-refractivity contribution in [2.24, 2.45) is 4.99 Å². The van der Waals surface area contributed by atoms with Gasteiger partial charge in [0.1, 0.15) is 5.82 Å². The van der Waals surface area contributed by atoms with Gasteiger partial charge >= 0.3 is 0 Å². The summed E-state index contributed by atoms with van der Waals surface area (Å²) in [6.07, 6.45) is 5.75. The molecule has 0 amide bonds. The molecular weight excluding hydrogens is 412 g/mol. The van der Waals surface area contributed by atoms with Crippen molar-refractivity contribution >= 4 is 11.8 Å². The van der Waals surface area contributed by atoms with Gasteiger partial charge in [0.15, 0.2) is 5.96 Å². The number of nitrogens with one attached hydrogen (secondary N) is 2. The molecule has 2 N–H and O–H groups in total. The Morgan fingerprint density at radius 3 is 2.42 bits per heavy atom. The molecule has 33 heavy (non-hydrogen) atoms. The lowest BCUT2D eigenvalue weighted by Gasteiger charge is -2.34. The molecule has 1 fully saturated rings. The molecule has 1 saturated heterocycles. The highest BCUT2D eigenvalue weighted by atomic mass is 15.3. The van der Waals surface area contributed by atoms with Gasteiger partial charge in [-0.15, -0.1) is 0 Å². The third kappa shape index (κ3) is 6.32. The van der Waals surface area contributed by atoms with Crippen LogP contribution in [0.1, 0.15) is 23.6 Å². The lowest BCUT2D eigenvalue weighted by molar-refractivity contribution is 0.270. The van der Waals surface area contributed by atoms with Gasteiger partial charge in [0.25, 0.3) is 0 Å². The minimum Gasteiger partial charge on any atom is -0.354 e. The van der Waals surface area contributed by atoms with Gasteiger partial charge in [-0.25, -0.2) is 4.98 Å². The molecule has 3 heterocycles. The average molecular weight is 447 g/mol. The number of hydrogen-bond donors (Lipinski definition) is 2. The molecule has 174 valence electrons. The van der Waals surface area contributed by atoms with Gasteiger partial charge in [0.05, 0.1) is 6.54 Å². The van der Waals surface area contributed by atoms with Gasteiger partial charge in [-0.1, -0.05) is 37.3 Å². The summed E-state index contributed by atoms with van der Waals surface area (Å²) < 4.78 is 1.94. The second kappa shape index (κ2) is 11.5. The fourth-order valence-corrected chi connectivity index (χ4v) is 4.04. The number of likely N-dealkylation sites (N-methyl/N-ethyl adjacent to an activating group) is 1. The van der Waals surface area contributed by atoms with E-state index in [1.807, 2.05) is 23.1 Å². The monoisotopic (exact) mass is 446 g/mol. The second-order valence-electron chi connectivity index (χ2n) is 8.20. The quantitative estimate of drug-likeness (QED) is 0.409. The zero-order chi connectivity index (χ0) is 22.9. The molecular formula is C25H34N8. The Kier molecular flexibility index (Phi) is 7.92. The second-order valence-corrected chi connectivity index (χ2v) is 8.20. The van der Waals surface area contributed by atoms with Gasteiger partial charge in [-0.2, -0.15) is 5.10 Å². The van der Waals surface area contributed by atoms with Crippen molar-refractivity contribution in [3.8, 4) is 0 Å². The van der Waals surface area contributed by atoms with Crippen LogP contribution in [0.25, 0.3) is 0 Å². The zero-order valence-corrected chi connectivity index (χ0v) is 19.6. The summed E-state index contributed by atoms with van der Waals surface area (Å²) >= 11 is 0. The standard InChI is InChI=1S/C25H34N8/c1-3-31-13-15-32(16-14-31)24-10-9-21(17-27-24)18-28-25(26-2)29-19-22-7-4-5-8-23(22)20-33-12-6-11-30-33/h4-12,17H,3,13-16,18-20H2,1-2H3,(H2,26,28,29). The SMILES string of the molecule is CCN1CCN(c2ccc(CNC(=NC)NCc3ccccc3Cn3cccn3)cn2)CC1. The predicted octanol–water partition coefficient (Wildman–Crippen LogP) is 2.33. The third-order valence-electron chi connectivity index (χ3n) is 6.09. The van der Waals surface area contributed by atoms with Crippen LogP contribution in [0.5, 0.6) is 0 Å². The molecule has 4 rings (SSSR count).